The number of hydrogen-bond donors (Lipinski definition) is 0. The third kappa shape index (κ3) is 1.03. The van der Waals surface area contributed by atoms with Gasteiger partial charge in [0.1, 0.15) is 0 Å². The van der Waals surface area contributed by atoms with Crippen molar-refractivity contribution in [1.29, 1.82) is 0 Å². The van der Waals surface area contributed by atoms with Crippen LogP contribution in [0.15, 0.2) is 12.2 Å². The van der Waals surface area contributed by atoms with Crippen LogP contribution in [0.3, 0.4) is 0 Å². The minimum absolute atomic E-state index is 0.139. The van der Waals surface area contributed by atoms with Gasteiger partial charge in [0.2, 0.25) is 0 Å². The van der Waals surface area contributed by atoms with E-state index < -0.39 is 0 Å². The molecule has 0 spiro atoms. The Labute approximate surface area is 81.2 Å². The van der Waals surface area contributed by atoms with Crippen molar-refractivity contribution in [1.82, 2.24) is 0 Å². The van der Waals surface area contributed by atoms with E-state index in [4.69, 9.17) is 4.74 Å². The van der Waals surface area contributed by atoms with E-state index in [0.717, 1.165) is 13.0 Å². The molecule has 1 aliphatic carbocycles. The Balaban J connectivity index is 2.29. The van der Waals surface area contributed by atoms with Gasteiger partial charge in [0.25, 0.3) is 0 Å². The van der Waals surface area contributed by atoms with Gasteiger partial charge < -0.3 is 4.74 Å². The fraction of sp³-hybridized carbons (Fsp3) is 0.833. The molecule has 0 aromatic rings. The minimum atomic E-state index is 0.139. The van der Waals surface area contributed by atoms with Crippen LogP contribution >= 0.6 is 0 Å². The van der Waals surface area contributed by atoms with Gasteiger partial charge in [-0.15, -0.1) is 0 Å². The van der Waals surface area contributed by atoms with Crippen LogP contribution in [0.1, 0.15) is 34.1 Å². The molecule has 2 aliphatic rings. The molecule has 1 heteroatoms. The number of epoxide rings is 1. The molecule has 1 heterocycles. The van der Waals surface area contributed by atoms with Gasteiger partial charge in [-0.2, -0.15) is 0 Å². The standard InChI is InChI=1S/C12H20O/c1-8-6-11(4,10(3)9(8)2)12(5)7-13-12/h9-10H,1,6-7H2,2-5H3/t9?,10?,11-,12?/m1/s1. The highest BCUT2D eigenvalue weighted by Crippen LogP contribution is 2.60. The van der Waals surface area contributed by atoms with Gasteiger partial charge in [-0.3, -0.25) is 0 Å². The lowest BCUT2D eigenvalue weighted by molar-refractivity contribution is 0.0870. The van der Waals surface area contributed by atoms with E-state index in [9.17, 15) is 0 Å². The number of hydrogen-bond acceptors (Lipinski definition) is 1. The molecule has 1 saturated carbocycles. The second-order valence-electron chi connectivity index (χ2n) is 5.35. The van der Waals surface area contributed by atoms with Crippen molar-refractivity contribution in [2.24, 2.45) is 17.3 Å². The lowest BCUT2D eigenvalue weighted by Crippen LogP contribution is -2.36. The van der Waals surface area contributed by atoms with E-state index in [1.165, 1.54) is 5.57 Å². The van der Waals surface area contributed by atoms with E-state index >= 15 is 0 Å². The largest absolute Gasteiger partial charge is 0.369 e. The first kappa shape index (κ1) is 9.26. The van der Waals surface area contributed by atoms with E-state index in [0.29, 0.717) is 17.3 Å². The van der Waals surface area contributed by atoms with Gasteiger partial charge >= 0.3 is 0 Å². The van der Waals surface area contributed by atoms with Crippen LogP contribution < -0.4 is 0 Å². The molecule has 74 valence electrons. The normalized spacial score (nSPS) is 55.5. The van der Waals surface area contributed by atoms with Crippen molar-refractivity contribution in [3.63, 3.8) is 0 Å². The molecule has 0 aromatic heterocycles. The predicted molar refractivity (Wildman–Crippen MR) is 54.5 cm³/mol. The van der Waals surface area contributed by atoms with Crippen molar-refractivity contribution < 1.29 is 4.74 Å². The maximum Gasteiger partial charge on any atom is 0.0947 e. The molecule has 0 N–H and O–H groups in total. The van der Waals surface area contributed by atoms with Crippen molar-refractivity contribution in [2.75, 3.05) is 6.61 Å². The summed E-state index contributed by atoms with van der Waals surface area (Å²) in [6.45, 7) is 14.3. The Morgan fingerprint density at radius 3 is 2.23 bits per heavy atom. The van der Waals surface area contributed by atoms with E-state index in [1.807, 2.05) is 0 Å². The van der Waals surface area contributed by atoms with Gasteiger partial charge in [0, 0.05) is 5.41 Å². The average Bonchev–Trinajstić information content (AvgIpc) is 2.77. The first-order valence-corrected chi connectivity index (χ1v) is 5.22. The quantitative estimate of drug-likeness (QED) is 0.446. The summed E-state index contributed by atoms with van der Waals surface area (Å²) >= 11 is 0. The number of ether oxygens (including phenoxy) is 1. The predicted octanol–water partition coefficient (Wildman–Crippen LogP) is 3.01. The molecule has 2 fully saturated rings. The molecule has 4 atom stereocenters. The van der Waals surface area contributed by atoms with Crippen molar-refractivity contribution in [2.45, 2.75) is 39.7 Å². The maximum absolute atomic E-state index is 5.61. The minimum Gasteiger partial charge on any atom is -0.369 e. The molecule has 1 saturated heterocycles. The van der Waals surface area contributed by atoms with Gasteiger partial charge in [0.15, 0.2) is 0 Å². The van der Waals surface area contributed by atoms with Crippen LogP contribution in [-0.4, -0.2) is 12.2 Å². The maximum atomic E-state index is 5.61. The molecule has 0 amide bonds. The Hall–Kier alpha value is -0.300. The van der Waals surface area contributed by atoms with Crippen LogP contribution in [-0.2, 0) is 4.74 Å². The number of rotatable bonds is 1. The van der Waals surface area contributed by atoms with Gasteiger partial charge in [0.05, 0.1) is 12.2 Å². The van der Waals surface area contributed by atoms with E-state index in [1.54, 1.807) is 0 Å². The molecule has 3 unspecified atom stereocenters. The highest BCUT2D eigenvalue weighted by atomic mass is 16.6. The smallest absolute Gasteiger partial charge is 0.0947 e. The average molecular weight is 180 g/mol. The molecule has 1 aliphatic heterocycles. The molecular formula is C12H20O. The third-order valence-electron chi connectivity index (χ3n) is 4.78. The second kappa shape index (κ2) is 2.38. The third-order valence-corrected chi connectivity index (χ3v) is 4.78. The van der Waals surface area contributed by atoms with Crippen molar-refractivity contribution in [3.8, 4) is 0 Å². The van der Waals surface area contributed by atoms with E-state index in [-0.39, 0.29) is 5.60 Å². The van der Waals surface area contributed by atoms with Crippen molar-refractivity contribution in [3.05, 3.63) is 12.2 Å². The summed E-state index contributed by atoms with van der Waals surface area (Å²) in [6, 6.07) is 0. The van der Waals surface area contributed by atoms with Crippen LogP contribution in [0.2, 0.25) is 0 Å². The van der Waals surface area contributed by atoms with Gasteiger partial charge in [-0.05, 0) is 25.2 Å². The van der Waals surface area contributed by atoms with Crippen LogP contribution in [0.5, 0.6) is 0 Å². The van der Waals surface area contributed by atoms with E-state index in [2.05, 4.69) is 34.3 Å². The SMILES string of the molecule is C=C1C[C@@](C)(C2(C)CO2)C(C)C1C. The summed E-state index contributed by atoms with van der Waals surface area (Å²) in [4.78, 5) is 0. The Morgan fingerprint density at radius 2 is 1.92 bits per heavy atom. The first-order chi connectivity index (χ1) is 5.91. The molecule has 0 aromatic carbocycles. The topological polar surface area (TPSA) is 12.5 Å². The van der Waals surface area contributed by atoms with Crippen molar-refractivity contribution >= 4 is 0 Å². The fourth-order valence-electron chi connectivity index (χ4n) is 2.81. The molecule has 0 radical (unpaired) electrons. The lowest BCUT2D eigenvalue weighted by atomic mass is 9.70. The van der Waals surface area contributed by atoms with Gasteiger partial charge in [-0.1, -0.05) is 32.9 Å². The van der Waals surface area contributed by atoms with Crippen LogP contribution in [0, 0.1) is 17.3 Å². The summed E-state index contributed by atoms with van der Waals surface area (Å²) in [7, 11) is 0. The molecule has 13 heavy (non-hydrogen) atoms. The lowest BCUT2D eigenvalue weighted by Gasteiger charge is -2.34. The zero-order valence-electron chi connectivity index (χ0n) is 9.18. The fourth-order valence-corrected chi connectivity index (χ4v) is 2.81. The first-order valence-electron chi connectivity index (χ1n) is 5.22. The summed E-state index contributed by atoms with van der Waals surface area (Å²) in [5.74, 6) is 1.36. The summed E-state index contributed by atoms with van der Waals surface area (Å²) < 4.78 is 5.61. The molecule has 1 nitrogen and oxygen atoms in total. The Morgan fingerprint density at radius 1 is 1.38 bits per heavy atom. The monoisotopic (exact) mass is 180 g/mol. The Kier molecular flexibility index (Phi) is 1.70. The summed E-state index contributed by atoms with van der Waals surface area (Å²) in [5.41, 5.74) is 1.87. The zero-order valence-corrected chi connectivity index (χ0v) is 9.18. The highest BCUT2D eigenvalue weighted by molar-refractivity contribution is 5.21. The summed E-state index contributed by atoms with van der Waals surface area (Å²) in [6.07, 6.45) is 1.14. The molecular weight excluding hydrogens is 160 g/mol. The molecule has 0 bridgehead atoms. The highest BCUT2D eigenvalue weighted by Gasteiger charge is 2.61. The Bertz CT molecular complexity index is 252. The van der Waals surface area contributed by atoms with Gasteiger partial charge in [-0.25, -0.2) is 0 Å². The zero-order chi connectivity index (χ0) is 9.85. The molecule has 2 rings (SSSR count). The number of allylic oxidation sites excluding steroid dienone is 1. The van der Waals surface area contributed by atoms with Crippen LogP contribution in [0.4, 0.5) is 0 Å². The van der Waals surface area contributed by atoms with Crippen LogP contribution in [0.25, 0.3) is 0 Å². The summed E-state index contributed by atoms with van der Waals surface area (Å²) in [5, 5.41) is 0. The second-order valence-corrected chi connectivity index (χ2v) is 5.35.